The maximum absolute atomic E-state index is 10.2. The molecule has 3 nitrogen and oxygen atoms in total. The fourth-order valence-corrected chi connectivity index (χ4v) is 4.87. The zero-order valence-electron chi connectivity index (χ0n) is 9.51. The molecule has 0 aromatic heterocycles. The Bertz CT molecular complexity index is 158. The second-order valence-corrected chi connectivity index (χ2v) is 9.38. The van der Waals surface area contributed by atoms with Crippen molar-refractivity contribution in [2.45, 2.75) is 44.9 Å². The first-order chi connectivity index (χ1) is 6.60. The zero-order valence-corrected chi connectivity index (χ0v) is 10.5. The van der Waals surface area contributed by atoms with Crippen molar-refractivity contribution >= 4 is 14.0 Å². The Morgan fingerprint density at radius 1 is 1.21 bits per heavy atom. The molecule has 1 N–H and O–H groups in total. The van der Waals surface area contributed by atoms with Gasteiger partial charge in [0.15, 0.2) is 0 Å². The predicted molar refractivity (Wildman–Crippen MR) is 60.5 cm³/mol. The maximum Gasteiger partial charge on any atom is 0.329 e. The third-order valence-electron chi connectivity index (χ3n) is 3.25. The minimum atomic E-state index is -1.11. The Hall–Kier alpha value is -0.353. The highest BCUT2D eigenvalue weighted by atomic mass is 28.3. The van der Waals surface area contributed by atoms with E-state index in [-0.39, 0.29) is 6.61 Å². The first-order valence-electron chi connectivity index (χ1n) is 5.39. The quantitative estimate of drug-likeness (QED) is 0.503. The summed E-state index contributed by atoms with van der Waals surface area (Å²) in [5.74, 6) is -0.873. The molecule has 0 aliphatic carbocycles. The molecule has 0 amide bonds. The van der Waals surface area contributed by atoms with Crippen LogP contribution >= 0.6 is 0 Å². The third kappa shape index (κ3) is 4.76. The van der Waals surface area contributed by atoms with Gasteiger partial charge in [0.1, 0.15) is 6.61 Å². The lowest BCUT2D eigenvalue weighted by atomic mass is 10.7. The van der Waals surface area contributed by atoms with Crippen LogP contribution in [0.1, 0.15) is 20.8 Å². The van der Waals surface area contributed by atoms with Crippen molar-refractivity contribution in [3.8, 4) is 0 Å². The SMILES string of the molecule is CC[Si](CC)(CC)CCOCC(=O)O. The molecule has 0 unspecified atom stereocenters. The molecule has 84 valence electrons. The van der Waals surface area contributed by atoms with Crippen LogP contribution in [0, 0.1) is 0 Å². The van der Waals surface area contributed by atoms with E-state index in [1.54, 1.807) is 0 Å². The zero-order chi connectivity index (χ0) is 11.0. The van der Waals surface area contributed by atoms with Crippen molar-refractivity contribution < 1.29 is 14.6 Å². The van der Waals surface area contributed by atoms with Gasteiger partial charge < -0.3 is 9.84 Å². The Labute approximate surface area is 87.5 Å². The molecule has 0 heterocycles. The monoisotopic (exact) mass is 218 g/mol. The first kappa shape index (κ1) is 13.6. The molecule has 0 saturated carbocycles. The second kappa shape index (κ2) is 7.01. The molecule has 0 aromatic carbocycles. The first-order valence-corrected chi connectivity index (χ1v) is 8.22. The molecule has 14 heavy (non-hydrogen) atoms. The minimum Gasteiger partial charge on any atom is -0.480 e. The van der Waals surface area contributed by atoms with Gasteiger partial charge in [-0.1, -0.05) is 38.9 Å². The highest BCUT2D eigenvalue weighted by Gasteiger charge is 2.25. The van der Waals surface area contributed by atoms with Crippen molar-refractivity contribution in [3.63, 3.8) is 0 Å². The van der Waals surface area contributed by atoms with Crippen LogP contribution in [0.2, 0.25) is 24.2 Å². The summed E-state index contributed by atoms with van der Waals surface area (Å²) in [4.78, 5) is 10.2. The van der Waals surface area contributed by atoms with Gasteiger partial charge in [-0.3, -0.25) is 0 Å². The summed E-state index contributed by atoms with van der Waals surface area (Å²) in [5, 5.41) is 8.40. The van der Waals surface area contributed by atoms with Crippen LogP contribution in [0.3, 0.4) is 0 Å². The van der Waals surface area contributed by atoms with Crippen molar-refractivity contribution in [2.24, 2.45) is 0 Å². The number of ether oxygens (including phenoxy) is 1. The molecule has 0 radical (unpaired) electrons. The van der Waals surface area contributed by atoms with Crippen molar-refractivity contribution in [1.29, 1.82) is 0 Å². The van der Waals surface area contributed by atoms with Gasteiger partial charge in [-0.25, -0.2) is 4.79 Å². The van der Waals surface area contributed by atoms with Crippen LogP contribution in [0.5, 0.6) is 0 Å². The van der Waals surface area contributed by atoms with Gasteiger partial charge in [0.05, 0.1) is 8.07 Å². The number of hydrogen-bond donors (Lipinski definition) is 1. The van der Waals surface area contributed by atoms with Gasteiger partial charge in [0.2, 0.25) is 0 Å². The van der Waals surface area contributed by atoms with E-state index in [0.29, 0.717) is 6.61 Å². The second-order valence-electron chi connectivity index (χ2n) is 3.76. The molecule has 0 rings (SSSR count). The topological polar surface area (TPSA) is 46.5 Å². The largest absolute Gasteiger partial charge is 0.480 e. The number of carboxylic acid groups (broad SMARTS) is 1. The predicted octanol–water partition coefficient (Wildman–Crippen LogP) is 2.60. The molecular formula is C10H22O3Si. The lowest BCUT2D eigenvalue weighted by Gasteiger charge is -2.27. The normalized spacial score (nSPS) is 11.6. The van der Waals surface area contributed by atoms with Crippen molar-refractivity contribution in [1.82, 2.24) is 0 Å². The molecule has 0 atom stereocenters. The molecule has 0 spiro atoms. The van der Waals surface area contributed by atoms with E-state index in [2.05, 4.69) is 20.8 Å². The fourth-order valence-electron chi connectivity index (χ4n) is 1.73. The number of hydrogen-bond acceptors (Lipinski definition) is 2. The van der Waals surface area contributed by atoms with Crippen LogP contribution in [-0.4, -0.2) is 32.4 Å². The Balaban J connectivity index is 3.77. The number of carbonyl (C=O) groups is 1. The van der Waals surface area contributed by atoms with Crippen LogP contribution in [0.15, 0.2) is 0 Å². The third-order valence-corrected chi connectivity index (χ3v) is 9.02. The summed E-state index contributed by atoms with van der Waals surface area (Å²) in [7, 11) is -1.11. The van der Waals surface area contributed by atoms with Crippen LogP contribution < -0.4 is 0 Å². The summed E-state index contributed by atoms with van der Waals surface area (Å²) in [6.07, 6.45) is 0. The standard InChI is InChI=1S/C10H22O3Si/c1-4-14(5-2,6-3)8-7-13-9-10(11)12/h4-9H2,1-3H3,(H,11,12). The number of carboxylic acids is 1. The molecule has 0 bridgehead atoms. The highest BCUT2D eigenvalue weighted by Crippen LogP contribution is 2.24. The van der Waals surface area contributed by atoms with Gasteiger partial charge in [-0.15, -0.1) is 0 Å². The smallest absolute Gasteiger partial charge is 0.329 e. The Morgan fingerprint density at radius 2 is 1.71 bits per heavy atom. The minimum absolute atomic E-state index is 0.151. The van der Waals surface area contributed by atoms with Gasteiger partial charge in [-0.05, 0) is 6.04 Å². The van der Waals surface area contributed by atoms with Crippen molar-refractivity contribution in [2.75, 3.05) is 13.2 Å². The Morgan fingerprint density at radius 3 is 2.07 bits per heavy atom. The van der Waals surface area contributed by atoms with Gasteiger partial charge in [-0.2, -0.15) is 0 Å². The van der Waals surface area contributed by atoms with Gasteiger partial charge >= 0.3 is 5.97 Å². The van der Waals surface area contributed by atoms with E-state index in [1.165, 1.54) is 18.1 Å². The van der Waals surface area contributed by atoms with Gasteiger partial charge in [0, 0.05) is 6.61 Å². The maximum atomic E-state index is 10.2. The van der Waals surface area contributed by atoms with E-state index in [1.807, 2.05) is 0 Å². The van der Waals surface area contributed by atoms with E-state index in [0.717, 1.165) is 6.04 Å². The van der Waals surface area contributed by atoms with Crippen LogP contribution in [-0.2, 0) is 9.53 Å². The molecule has 0 aliphatic heterocycles. The average molecular weight is 218 g/mol. The van der Waals surface area contributed by atoms with Gasteiger partial charge in [0.25, 0.3) is 0 Å². The highest BCUT2D eigenvalue weighted by molar-refractivity contribution is 6.79. The summed E-state index contributed by atoms with van der Waals surface area (Å²) >= 11 is 0. The summed E-state index contributed by atoms with van der Waals surface area (Å²) < 4.78 is 5.09. The molecular weight excluding hydrogens is 196 g/mol. The van der Waals surface area contributed by atoms with E-state index in [4.69, 9.17) is 9.84 Å². The lowest BCUT2D eigenvalue weighted by Crippen LogP contribution is -2.32. The van der Waals surface area contributed by atoms with Crippen LogP contribution in [0.4, 0.5) is 0 Å². The van der Waals surface area contributed by atoms with Crippen molar-refractivity contribution in [3.05, 3.63) is 0 Å². The fraction of sp³-hybridized carbons (Fsp3) is 0.900. The molecule has 0 aromatic rings. The Kier molecular flexibility index (Phi) is 6.83. The number of rotatable bonds is 8. The molecule has 4 heteroatoms. The van der Waals surface area contributed by atoms with Crippen LogP contribution in [0.25, 0.3) is 0 Å². The summed E-state index contributed by atoms with van der Waals surface area (Å²) in [5.41, 5.74) is 0. The molecule has 0 fully saturated rings. The van der Waals surface area contributed by atoms with E-state index < -0.39 is 14.0 Å². The molecule has 0 aliphatic rings. The van der Waals surface area contributed by atoms with E-state index in [9.17, 15) is 4.79 Å². The number of aliphatic carboxylic acids is 1. The summed E-state index contributed by atoms with van der Waals surface area (Å²) in [6, 6.07) is 4.92. The average Bonchev–Trinajstić information content (AvgIpc) is 2.19. The summed E-state index contributed by atoms with van der Waals surface area (Å²) in [6.45, 7) is 7.21. The molecule has 0 saturated heterocycles. The van der Waals surface area contributed by atoms with E-state index >= 15 is 0 Å². The lowest BCUT2D eigenvalue weighted by molar-refractivity contribution is -0.142.